The Bertz CT molecular complexity index is 777. The Morgan fingerprint density at radius 1 is 1.24 bits per heavy atom. The molecule has 21 heavy (non-hydrogen) atoms. The molecule has 0 spiro atoms. The zero-order valence-corrected chi connectivity index (χ0v) is 11.9. The number of nitrogens with zero attached hydrogens (tertiary/aromatic N) is 1. The molecule has 0 aliphatic heterocycles. The molecule has 0 radical (unpaired) electrons. The number of benzene rings is 1. The Morgan fingerprint density at radius 2 is 1.90 bits per heavy atom. The Labute approximate surface area is 122 Å². The number of aromatic carboxylic acids is 1. The van der Waals surface area contributed by atoms with E-state index in [1.54, 1.807) is 30.3 Å². The predicted octanol–water partition coefficient (Wildman–Crippen LogP) is 2.32. The van der Waals surface area contributed by atoms with Crippen molar-refractivity contribution < 1.29 is 18.3 Å². The van der Waals surface area contributed by atoms with Gasteiger partial charge < -0.3 is 9.67 Å². The number of hydrogen-bond donors (Lipinski definition) is 2. The van der Waals surface area contributed by atoms with E-state index in [2.05, 4.69) is 4.72 Å². The maximum Gasteiger partial charge on any atom is 0.352 e. The second kappa shape index (κ2) is 4.92. The van der Waals surface area contributed by atoms with Crippen molar-refractivity contribution in [3.05, 3.63) is 48.3 Å². The minimum Gasteiger partial charge on any atom is -0.477 e. The first-order valence-electron chi connectivity index (χ1n) is 6.50. The molecule has 6 nitrogen and oxygen atoms in total. The van der Waals surface area contributed by atoms with Crippen LogP contribution in [-0.2, 0) is 10.0 Å². The van der Waals surface area contributed by atoms with Gasteiger partial charge in [-0.1, -0.05) is 18.2 Å². The lowest BCUT2D eigenvalue weighted by Crippen LogP contribution is -2.12. The third-order valence-corrected chi connectivity index (χ3v) is 4.67. The van der Waals surface area contributed by atoms with Crippen LogP contribution in [-0.4, -0.2) is 24.1 Å². The fourth-order valence-electron chi connectivity index (χ4n) is 2.15. The number of para-hydroxylation sites is 1. The molecule has 3 rings (SSSR count). The summed E-state index contributed by atoms with van der Waals surface area (Å²) in [7, 11) is -3.79. The van der Waals surface area contributed by atoms with Gasteiger partial charge in [-0.05, 0) is 31.0 Å². The van der Waals surface area contributed by atoms with Crippen molar-refractivity contribution in [2.75, 3.05) is 4.72 Å². The highest BCUT2D eigenvalue weighted by molar-refractivity contribution is 7.92. The second-order valence-corrected chi connectivity index (χ2v) is 6.66. The highest BCUT2D eigenvalue weighted by Crippen LogP contribution is 2.37. The van der Waals surface area contributed by atoms with Crippen molar-refractivity contribution in [3.63, 3.8) is 0 Å². The number of hydrogen-bond acceptors (Lipinski definition) is 3. The van der Waals surface area contributed by atoms with Gasteiger partial charge in [0.1, 0.15) is 10.6 Å². The van der Waals surface area contributed by atoms with Crippen molar-refractivity contribution in [1.82, 2.24) is 4.57 Å². The molecule has 1 aromatic carbocycles. The average molecular weight is 306 g/mol. The van der Waals surface area contributed by atoms with E-state index in [0.29, 0.717) is 5.69 Å². The van der Waals surface area contributed by atoms with Crippen LogP contribution in [0.25, 0.3) is 0 Å². The molecule has 1 heterocycles. The van der Waals surface area contributed by atoms with Crippen LogP contribution in [0.2, 0.25) is 0 Å². The fraction of sp³-hybridized carbons (Fsp3) is 0.214. The third kappa shape index (κ3) is 2.78. The summed E-state index contributed by atoms with van der Waals surface area (Å²) in [4.78, 5) is 11.2. The number of carbonyl (C=O) groups is 1. The molecule has 0 amide bonds. The Hall–Kier alpha value is -2.28. The van der Waals surface area contributed by atoms with Gasteiger partial charge in [0, 0.05) is 17.9 Å². The summed E-state index contributed by atoms with van der Waals surface area (Å²) in [5.74, 6) is -1.12. The number of carboxylic acids is 1. The van der Waals surface area contributed by atoms with Gasteiger partial charge in [0.25, 0.3) is 10.0 Å². The third-order valence-electron chi connectivity index (χ3n) is 3.32. The van der Waals surface area contributed by atoms with Crippen LogP contribution < -0.4 is 4.72 Å². The molecule has 1 aromatic heterocycles. The average Bonchev–Trinajstić information content (AvgIpc) is 3.17. The molecule has 1 aliphatic carbocycles. The standard InChI is InChI=1S/C14H14N2O4S/c17-14(18)13-8-12(9-16(13)11-6-7-11)21(19,20)15-10-4-2-1-3-5-10/h1-5,8-9,11,15H,6-7H2,(H,17,18). The number of aromatic nitrogens is 1. The quantitative estimate of drug-likeness (QED) is 0.887. The first-order valence-corrected chi connectivity index (χ1v) is 7.99. The van der Waals surface area contributed by atoms with Crippen LogP contribution in [0.4, 0.5) is 5.69 Å². The van der Waals surface area contributed by atoms with Crippen LogP contribution in [0.3, 0.4) is 0 Å². The molecule has 2 aromatic rings. The molecular weight excluding hydrogens is 292 g/mol. The largest absolute Gasteiger partial charge is 0.477 e. The summed E-state index contributed by atoms with van der Waals surface area (Å²) in [6.45, 7) is 0. The molecule has 1 aliphatic rings. The molecule has 1 saturated carbocycles. The lowest BCUT2D eigenvalue weighted by molar-refractivity contribution is 0.0685. The van der Waals surface area contributed by atoms with Crippen LogP contribution in [0, 0.1) is 0 Å². The summed E-state index contributed by atoms with van der Waals surface area (Å²) in [5.41, 5.74) is 0.444. The minimum absolute atomic E-state index is 0.00550. The molecular formula is C14H14N2O4S. The van der Waals surface area contributed by atoms with Crippen molar-refractivity contribution in [3.8, 4) is 0 Å². The number of nitrogens with one attached hydrogen (secondary N) is 1. The van der Waals surface area contributed by atoms with Crippen molar-refractivity contribution in [1.29, 1.82) is 0 Å². The number of anilines is 1. The van der Waals surface area contributed by atoms with Crippen molar-refractivity contribution >= 4 is 21.7 Å². The maximum absolute atomic E-state index is 12.3. The monoisotopic (exact) mass is 306 g/mol. The van der Waals surface area contributed by atoms with Gasteiger partial charge in [-0.2, -0.15) is 0 Å². The van der Waals surface area contributed by atoms with Crippen LogP contribution >= 0.6 is 0 Å². The highest BCUT2D eigenvalue weighted by Gasteiger charge is 2.30. The number of carboxylic acid groups (broad SMARTS) is 1. The summed E-state index contributed by atoms with van der Waals surface area (Å²) < 4.78 is 28.6. The maximum atomic E-state index is 12.3. The smallest absolute Gasteiger partial charge is 0.352 e. The molecule has 2 N–H and O–H groups in total. The van der Waals surface area contributed by atoms with E-state index in [0.717, 1.165) is 12.8 Å². The zero-order valence-electron chi connectivity index (χ0n) is 11.1. The van der Waals surface area contributed by atoms with Gasteiger partial charge in [0.15, 0.2) is 0 Å². The molecule has 0 atom stereocenters. The first kappa shape index (κ1) is 13.7. The first-order chi connectivity index (χ1) is 9.97. The second-order valence-electron chi connectivity index (χ2n) is 4.98. The number of sulfonamides is 1. The lowest BCUT2D eigenvalue weighted by Gasteiger charge is -2.05. The SMILES string of the molecule is O=C(O)c1cc(S(=O)(=O)Nc2ccccc2)cn1C1CC1. The molecule has 0 unspecified atom stereocenters. The van der Waals surface area contributed by atoms with E-state index >= 15 is 0 Å². The molecule has 0 bridgehead atoms. The van der Waals surface area contributed by atoms with Crippen molar-refractivity contribution in [2.45, 2.75) is 23.8 Å². The van der Waals surface area contributed by atoms with E-state index in [9.17, 15) is 18.3 Å². The number of rotatable bonds is 5. The van der Waals surface area contributed by atoms with Gasteiger partial charge in [-0.3, -0.25) is 4.72 Å². The Balaban J connectivity index is 1.95. The zero-order chi connectivity index (χ0) is 15.0. The van der Waals surface area contributed by atoms with E-state index in [4.69, 9.17) is 0 Å². The summed E-state index contributed by atoms with van der Waals surface area (Å²) >= 11 is 0. The van der Waals surface area contributed by atoms with E-state index in [1.165, 1.54) is 16.8 Å². The lowest BCUT2D eigenvalue weighted by atomic mass is 10.3. The summed E-state index contributed by atoms with van der Waals surface area (Å²) in [6, 6.07) is 9.78. The van der Waals surface area contributed by atoms with Crippen LogP contribution in [0.1, 0.15) is 29.4 Å². The van der Waals surface area contributed by atoms with Gasteiger partial charge in [0.05, 0.1) is 0 Å². The van der Waals surface area contributed by atoms with Crippen LogP contribution in [0.5, 0.6) is 0 Å². The summed E-state index contributed by atoms with van der Waals surface area (Å²) in [6.07, 6.45) is 3.15. The molecule has 1 fully saturated rings. The predicted molar refractivity (Wildman–Crippen MR) is 76.9 cm³/mol. The van der Waals surface area contributed by atoms with Crippen LogP contribution in [0.15, 0.2) is 47.5 Å². The normalized spacial score (nSPS) is 14.9. The van der Waals surface area contributed by atoms with Gasteiger partial charge in [0.2, 0.25) is 0 Å². The van der Waals surface area contributed by atoms with Gasteiger partial charge >= 0.3 is 5.97 Å². The summed E-state index contributed by atoms with van der Waals surface area (Å²) in [5, 5.41) is 9.18. The fourth-order valence-corrected chi connectivity index (χ4v) is 3.23. The topological polar surface area (TPSA) is 88.4 Å². The van der Waals surface area contributed by atoms with E-state index in [-0.39, 0.29) is 16.6 Å². The van der Waals surface area contributed by atoms with Crippen molar-refractivity contribution in [2.24, 2.45) is 0 Å². The Kier molecular flexibility index (Phi) is 3.21. The molecule has 7 heteroatoms. The highest BCUT2D eigenvalue weighted by atomic mass is 32.2. The molecule has 0 saturated heterocycles. The van der Waals surface area contributed by atoms with Gasteiger partial charge in [-0.15, -0.1) is 0 Å². The Morgan fingerprint density at radius 3 is 2.48 bits per heavy atom. The molecule has 110 valence electrons. The van der Waals surface area contributed by atoms with E-state index in [1.807, 2.05) is 0 Å². The van der Waals surface area contributed by atoms with Gasteiger partial charge in [-0.25, -0.2) is 13.2 Å². The van der Waals surface area contributed by atoms with E-state index < -0.39 is 16.0 Å². The minimum atomic E-state index is -3.79.